The molecule has 0 spiro atoms. The molecular formula is C7F10O2. The topological polar surface area (TPSA) is 18.5 Å². The van der Waals surface area contributed by atoms with Gasteiger partial charge in [-0.05, 0) is 0 Å². The summed E-state index contributed by atoms with van der Waals surface area (Å²) >= 11 is 0. The summed E-state index contributed by atoms with van der Waals surface area (Å²) in [7, 11) is 0. The van der Waals surface area contributed by atoms with E-state index in [1.165, 1.54) is 0 Å². The zero-order valence-corrected chi connectivity index (χ0v) is 8.10. The van der Waals surface area contributed by atoms with Gasteiger partial charge in [-0.2, -0.15) is 43.9 Å². The lowest BCUT2D eigenvalue weighted by Gasteiger charge is -2.21. The van der Waals surface area contributed by atoms with E-state index in [2.05, 4.69) is 9.47 Å². The van der Waals surface area contributed by atoms with Gasteiger partial charge in [0, 0.05) is 0 Å². The molecule has 1 saturated heterocycles. The molecule has 1 rings (SSSR count). The summed E-state index contributed by atoms with van der Waals surface area (Å²) in [5.74, 6) is -12.0. The summed E-state index contributed by atoms with van der Waals surface area (Å²) in [6.07, 6.45) is -19.0. The molecule has 110 valence electrons. The van der Waals surface area contributed by atoms with Crippen molar-refractivity contribution in [3.63, 3.8) is 0 Å². The van der Waals surface area contributed by atoms with Gasteiger partial charge in [-0.15, -0.1) is 0 Å². The fourth-order valence-corrected chi connectivity index (χ4v) is 1.03. The quantitative estimate of drug-likeness (QED) is 0.716. The van der Waals surface area contributed by atoms with E-state index in [0.717, 1.165) is 0 Å². The molecule has 0 radical (unpaired) electrons. The molecule has 19 heavy (non-hydrogen) atoms. The Morgan fingerprint density at radius 3 is 1.05 bits per heavy atom. The number of ether oxygens (including phenoxy) is 2. The maximum Gasteiger partial charge on any atom is 0.451 e. The minimum atomic E-state index is -5.81. The first-order valence-corrected chi connectivity index (χ1v) is 3.96. The molecule has 0 atom stereocenters. The van der Waals surface area contributed by atoms with Crippen LogP contribution in [-0.4, -0.2) is 18.0 Å². The molecule has 1 aliphatic heterocycles. The molecule has 0 bridgehead atoms. The minimum Gasteiger partial charge on any atom is -0.267 e. The SMILES string of the molecule is FC(F)=C(F)C1(C(F)=C(F)F)OC(F)(F)C(F)(F)O1. The maximum atomic E-state index is 12.8. The monoisotopic (exact) mass is 306 g/mol. The third-order valence-electron chi connectivity index (χ3n) is 1.79. The first kappa shape index (κ1) is 15.8. The fourth-order valence-electron chi connectivity index (χ4n) is 1.03. The van der Waals surface area contributed by atoms with Crippen molar-refractivity contribution in [2.45, 2.75) is 18.0 Å². The molecule has 1 fully saturated rings. The number of rotatable bonds is 2. The highest BCUT2D eigenvalue weighted by Gasteiger charge is 2.77. The molecule has 0 N–H and O–H groups in total. The van der Waals surface area contributed by atoms with Crippen LogP contribution in [0.15, 0.2) is 23.8 Å². The first-order chi connectivity index (χ1) is 8.37. The second-order valence-corrected chi connectivity index (χ2v) is 3.00. The van der Waals surface area contributed by atoms with Crippen molar-refractivity contribution in [1.82, 2.24) is 0 Å². The van der Waals surface area contributed by atoms with Gasteiger partial charge in [-0.1, -0.05) is 0 Å². The van der Waals surface area contributed by atoms with Gasteiger partial charge >= 0.3 is 24.4 Å². The smallest absolute Gasteiger partial charge is 0.267 e. The Balaban J connectivity index is 3.52. The Bertz CT molecular complexity index is 403. The zero-order valence-electron chi connectivity index (χ0n) is 8.10. The maximum absolute atomic E-state index is 12.8. The lowest BCUT2D eigenvalue weighted by atomic mass is 10.2. The summed E-state index contributed by atoms with van der Waals surface area (Å²) in [5, 5.41) is 0. The molecule has 12 heteroatoms. The number of alkyl halides is 4. The van der Waals surface area contributed by atoms with E-state index in [0.29, 0.717) is 0 Å². The van der Waals surface area contributed by atoms with Gasteiger partial charge in [0.1, 0.15) is 0 Å². The van der Waals surface area contributed by atoms with Crippen molar-refractivity contribution in [2.75, 3.05) is 0 Å². The zero-order chi connectivity index (χ0) is 15.2. The lowest BCUT2D eigenvalue weighted by molar-refractivity contribution is -0.344. The summed E-state index contributed by atoms with van der Waals surface area (Å²) in [4.78, 5) is 0. The Hall–Kier alpha value is -1.30. The highest BCUT2D eigenvalue weighted by atomic mass is 19.3. The van der Waals surface area contributed by atoms with E-state index in [-0.39, 0.29) is 0 Å². The van der Waals surface area contributed by atoms with Crippen molar-refractivity contribution >= 4 is 0 Å². The van der Waals surface area contributed by atoms with Crippen LogP contribution in [0.5, 0.6) is 0 Å². The van der Waals surface area contributed by atoms with E-state index in [1.807, 2.05) is 0 Å². The third kappa shape index (κ3) is 2.29. The van der Waals surface area contributed by atoms with Gasteiger partial charge in [0.25, 0.3) is 5.79 Å². The van der Waals surface area contributed by atoms with Crippen LogP contribution < -0.4 is 0 Å². The molecule has 0 aliphatic carbocycles. The van der Waals surface area contributed by atoms with Crippen molar-refractivity contribution < 1.29 is 53.4 Å². The Morgan fingerprint density at radius 2 is 0.842 bits per heavy atom. The first-order valence-electron chi connectivity index (χ1n) is 3.96. The van der Waals surface area contributed by atoms with Gasteiger partial charge in [-0.3, -0.25) is 9.47 Å². The summed E-state index contributed by atoms with van der Waals surface area (Å²) in [5.41, 5.74) is 0. The normalized spacial score (nSPS) is 23.1. The number of hydrogen-bond acceptors (Lipinski definition) is 2. The molecule has 2 nitrogen and oxygen atoms in total. The third-order valence-corrected chi connectivity index (χ3v) is 1.79. The van der Waals surface area contributed by atoms with Crippen LogP contribution in [0.1, 0.15) is 0 Å². The van der Waals surface area contributed by atoms with E-state index in [1.54, 1.807) is 0 Å². The van der Waals surface area contributed by atoms with Crippen LogP contribution in [0.4, 0.5) is 43.9 Å². The van der Waals surface area contributed by atoms with E-state index in [9.17, 15) is 43.9 Å². The standard InChI is InChI=1S/C7F10O2/c8-1(3(10)11)5(2(9)4(12)13)18-6(14,15)7(16,17)19-5. The number of halogens is 10. The molecule has 0 aromatic rings. The van der Waals surface area contributed by atoms with Crippen molar-refractivity contribution in [1.29, 1.82) is 0 Å². The average Bonchev–Trinajstić information content (AvgIpc) is 2.43. The van der Waals surface area contributed by atoms with Crippen LogP contribution in [0.2, 0.25) is 0 Å². The minimum absolute atomic E-state index is 2.67. The Morgan fingerprint density at radius 1 is 0.579 bits per heavy atom. The molecule has 0 aromatic heterocycles. The average molecular weight is 306 g/mol. The molecule has 1 heterocycles. The molecule has 0 saturated carbocycles. The van der Waals surface area contributed by atoms with E-state index in [4.69, 9.17) is 0 Å². The predicted molar refractivity (Wildman–Crippen MR) is 35.5 cm³/mol. The predicted octanol–water partition coefficient (Wildman–Crippen LogP) is 4.07. The van der Waals surface area contributed by atoms with Crippen molar-refractivity contribution in [2.24, 2.45) is 0 Å². The Labute approximate surface area is 96.4 Å². The van der Waals surface area contributed by atoms with Gasteiger partial charge in [0.15, 0.2) is 0 Å². The van der Waals surface area contributed by atoms with Gasteiger partial charge in [0.2, 0.25) is 11.7 Å². The molecule has 1 aliphatic rings. The molecule has 0 unspecified atom stereocenters. The van der Waals surface area contributed by atoms with Crippen LogP contribution >= 0.6 is 0 Å². The Kier molecular flexibility index (Phi) is 3.62. The second kappa shape index (κ2) is 4.37. The van der Waals surface area contributed by atoms with Crippen molar-refractivity contribution in [3.8, 4) is 0 Å². The van der Waals surface area contributed by atoms with Crippen LogP contribution in [0.3, 0.4) is 0 Å². The van der Waals surface area contributed by atoms with E-state index < -0.39 is 41.8 Å². The molecule has 0 aromatic carbocycles. The van der Waals surface area contributed by atoms with Crippen LogP contribution in [0, 0.1) is 0 Å². The van der Waals surface area contributed by atoms with Crippen molar-refractivity contribution in [3.05, 3.63) is 23.8 Å². The van der Waals surface area contributed by atoms with Crippen LogP contribution in [0.25, 0.3) is 0 Å². The van der Waals surface area contributed by atoms with Gasteiger partial charge < -0.3 is 0 Å². The fraction of sp³-hybridized carbons (Fsp3) is 0.429. The largest absolute Gasteiger partial charge is 0.451 e. The molecular weight excluding hydrogens is 306 g/mol. The van der Waals surface area contributed by atoms with E-state index >= 15 is 0 Å². The van der Waals surface area contributed by atoms with Gasteiger partial charge in [0.05, 0.1) is 0 Å². The summed E-state index contributed by atoms with van der Waals surface area (Å²) in [6.45, 7) is 0. The second-order valence-electron chi connectivity index (χ2n) is 3.00. The number of hydrogen-bond donors (Lipinski definition) is 0. The highest BCUT2D eigenvalue weighted by Crippen LogP contribution is 2.55. The highest BCUT2D eigenvalue weighted by molar-refractivity contribution is 5.24. The summed E-state index contributed by atoms with van der Waals surface area (Å²) < 4.78 is 128. The lowest BCUT2D eigenvalue weighted by Crippen LogP contribution is -2.36. The summed E-state index contributed by atoms with van der Waals surface area (Å²) in [6, 6.07) is 0. The van der Waals surface area contributed by atoms with Crippen LogP contribution in [-0.2, 0) is 9.47 Å². The van der Waals surface area contributed by atoms with Gasteiger partial charge in [-0.25, -0.2) is 0 Å². The molecule has 0 amide bonds.